The van der Waals surface area contributed by atoms with Crippen LogP contribution in [0, 0.1) is 0 Å². The lowest BCUT2D eigenvalue weighted by atomic mass is 9.90. The van der Waals surface area contributed by atoms with Crippen LogP contribution in [0.2, 0.25) is 0 Å². The van der Waals surface area contributed by atoms with E-state index >= 15 is 0 Å². The zero-order valence-corrected chi connectivity index (χ0v) is 11.3. The van der Waals surface area contributed by atoms with E-state index in [0.717, 1.165) is 29.7 Å². The van der Waals surface area contributed by atoms with Gasteiger partial charge in [-0.25, -0.2) is 0 Å². The summed E-state index contributed by atoms with van der Waals surface area (Å²) in [5, 5.41) is 10.2. The molecular weight excluding hydrogens is 224 g/mol. The van der Waals surface area contributed by atoms with Gasteiger partial charge < -0.3 is 9.84 Å². The smallest absolute Gasteiger partial charge is 0.123 e. The van der Waals surface area contributed by atoms with Gasteiger partial charge in [-0.15, -0.1) is 0 Å². The predicted molar refractivity (Wildman–Crippen MR) is 72.3 cm³/mol. The minimum Gasteiger partial charge on any atom is -0.508 e. The summed E-state index contributed by atoms with van der Waals surface area (Å²) in [4.78, 5) is 0. The standard InChI is InChI=1S/C16H22O2/c1-16(2)8-7-12-9-14(17)13(10-15(12)18-16)11-5-3-4-6-11/h9-11,17H,3-8H2,1-2H3. The monoisotopic (exact) mass is 246 g/mol. The number of fused-ring (bicyclic) bond motifs is 1. The molecule has 2 nitrogen and oxygen atoms in total. The maximum absolute atomic E-state index is 10.2. The van der Waals surface area contributed by atoms with Crippen molar-refractivity contribution in [3.63, 3.8) is 0 Å². The fraction of sp³-hybridized carbons (Fsp3) is 0.625. The van der Waals surface area contributed by atoms with E-state index in [1.54, 1.807) is 0 Å². The number of benzene rings is 1. The molecule has 1 fully saturated rings. The molecule has 0 aromatic heterocycles. The van der Waals surface area contributed by atoms with E-state index in [2.05, 4.69) is 19.9 Å². The van der Waals surface area contributed by atoms with Gasteiger partial charge in [0.05, 0.1) is 0 Å². The lowest BCUT2D eigenvalue weighted by Crippen LogP contribution is -2.32. The van der Waals surface area contributed by atoms with Crippen LogP contribution in [0.4, 0.5) is 0 Å². The molecule has 1 saturated carbocycles. The average molecular weight is 246 g/mol. The molecule has 0 atom stereocenters. The van der Waals surface area contributed by atoms with E-state index in [9.17, 15) is 5.11 Å². The van der Waals surface area contributed by atoms with Crippen molar-refractivity contribution >= 4 is 0 Å². The highest BCUT2D eigenvalue weighted by atomic mass is 16.5. The molecule has 3 rings (SSSR count). The Morgan fingerprint density at radius 3 is 2.67 bits per heavy atom. The summed E-state index contributed by atoms with van der Waals surface area (Å²) >= 11 is 0. The van der Waals surface area contributed by atoms with E-state index in [1.807, 2.05) is 6.07 Å². The van der Waals surface area contributed by atoms with Gasteiger partial charge in [-0.1, -0.05) is 12.8 Å². The number of hydrogen-bond acceptors (Lipinski definition) is 2. The van der Waals surface area contributed by atoms with Gasteiger partial charge in [-0.3, -0.25) is 0 Å². The van der Waals surface area contributed by atoms with Crippen molar-refractivity contribution in [3.8, 4) is 11.5 Å². The van der Waals surface area contributed by atoms with Crippen molar-refractivity contribution < 1.29 is 9.84 Å². The third-order valence-corrected chi connectivity index (χ3v) is 4.39. The molecule has 0 bridgehead atoms. The van der Waals surface area contributed by atoms with Crippen LogP contribution in [0.3, 0.4) is 0 Å². The molecule has 1 aromatic carbocycles. The first kappa shape index (κ1) is 11.9. The molecule has 2 heteroatoms. The third kappa shape index (κ3) is 2.09. The van der Waals surface area contributed by atoms with E-state index in [0.29, 0.717) is 11.7 Å². The lowest BCUT2D eigenvalue weighted by molar-refractivity contribution is 0.0843. The van der Waals surface area contributed by atoms with Crippen molar-refractivity contribution in [2.75, 3.05) is 0 Å². The highest BCUT2D eigenvalue weighted by Crippen LogP contribution is 2.43. The topological polar surface area (TPSA) is 29.5 Å². The molecule has 0 radical (unpaired) electrons. The van der Waals surface area contributed by atoms with Crippen LogP contribution in [0.5, 0.6) is 11.5 Å². The third-order valence-electron chi connectivity index (χ3n) is 4.39. The van der Waals surface area contributed by atoms with Crippen molar-refractivity contribution in [3.05, 3.63) is 23.3 Å². The Bertz CT molecular complexity index is 456. The lowest BCUT2D eigenvalue weighted by Gasteiger charge is -2.33. The van der Waals surface area contributed by atoms with Gasteiger partial charge in [0.2, 0.25) is 0 Å². The van der Waals surface area contributed by atoms with Crippen LogP contribution in [0.1, 0.15) is 63.0 Å². The molecule has 0 spiro atoms. The Morgan fingerprint density at radius 1 is 1.22 bits per heavy atom. The first-order valence-electron chi connectivity index (χ1n) is 7.10. The second kappa shape index (κ2) is 4.18. The van der Waals surface area contributed by atoms with E-state index in [-0.39, 0.29) is 5.60 Å². The highest BCUT2D eigenvalue weighted by Gasteiger charge is 2.29. The van der Waals surface area contributed by atoms with Crippen molar-refractivity contribution in [1.29, 1.82) is 0 Å². The van der Waals surface area contributed by atoms with Gasteiger partial charge in [-0.2, -0.15) is 0 Å². The summed E-state index contributed by atoms with van der Waals surface area (Å²) in [6.07, 6.45) is 7.00. The van der Waals surface area contributed by atoms with Crippen LogP contribution in [-0.4, -0.2) is 10.7 Å². The zero-order valence-electron chi connectivity index (χ0n) is 11.3. The second-order valence-electron chi connectivity index (χ2n) is 6.36. The molecule has 1 aliphatic carbocycles. The minimum atomic E-state index is -0.0725. The van der Waals surface area contributed by atoms with Gasteiger partial charge in [0.25, 0.3) is 0 Å². The molecule has 2 aliphatic rings. The summed E-state index contributed by atoms with van der Waals surface area (Å²) in [6, 6.07) is 4.03. The summed E-state index contributed by atoms with van der Waals surface area (Å²) in [7, 11) is 0. The number of rotatable bonds is 1. The van der Waals surface area contributed by atoms with Crippen molar-refractivity contribution in [2.24, 2.45) is 0 Å². The molecule has 1 aromatic rings. The maximum atomic E-state index is 10.2. The number of hydrogen-bond donors (Lipinski definition) is 1. The van der Waals surface area contributed by atoms with Gasteiger partial charge in [0.15, 0.2) is 0 Å². The first-order chi connectivity index (χ1) is 8.55. The second-order valence-corrected chi connectivity index (χ2v) is 6.36. The van der Waals surface area contributed by atoms with Crippen molar-refractivity contribution in [2.45, 2.75) is 63.9 Å². The Kier molecular flexibility index (Phi) is 2.76. The van der Waals surface area contributed by atoms with Crippen molar-refractivity contribution in [1.82, 2.24) is 0 Å². The molecule has 0 saturated heterocycles. The summed E-state index contributed by atoms with van der Waals surface area (Å²) < 4.78 is 6.06. The maximum Gasteiger partial charge on any atom is 0.123 e. The normalized spacial score (nSPS) is 22.6. The molecule has 0 amide bonds. The van der Waals surface area contributed by atoms with Gasteiger partial charge in [0.1, 0.15) is 17.1 Å². The number of phenols is 1. The molecular formula is C16H22O2. The quantitative estimate of drug-likeness (QED) is 0.806. The van der Waals surface area contributed by atoms with Crippen LogP contribution >= 0.6 is 0 Å². The van der Waals surface area contributed by atoms with Crippen LogP contribution in [-0.2, 0) is 6.42 Å². The Hall–Kier alpha value is -1.18. The molecule has 18 heavy (non-hydrogen) atoms. The van der Waals surface area contributed by atoms with Crippen LogP contribution < -0.4 is 4.74 Å². The Balaban J connectivity index is 1.97. The van der Waals surface area contributed by atoms with Crippen LogP contribution in [0.25, 0.3) is 0 Å². The summed E-state index contributed by atoms with van der Waals surface area (Å²) in [6.45, 7) is 4.27. The number of aromatic hydroxyl groups is 1. The molecule has 1 heterocycles. The number of phenolic OH excluding ortho intramolecular Hbond substituents is 1. The van der Waals surface area contributed by atoms with E-state index in [1.165, 1.54) is 25.7 Å². The summed E-state index contributed by atoms with van der Waals surface area (Å²) in [5.41, 5.74) is 2.19. The Labute approximate surface area is 109 Å². The minimum absolute atomic E-state index is 0.0725. The summed E-state index contributed by atoms with van der Waals surface area (Å²) in [5.74, 6) is 2.00. The SMILES string of the molecule is CC1(C)CCc2cc(O)c(C3CCCC3)cc2O1. The van der Waals surface area contributed by atoms with Gasteiger partial charge in [0, 0.05) is 5.56 Å². The van der Waals surface area contributed by atoms with Gasteiger partial charge >= 0.3 is 0 Å². The Morgan fingerprint density at radius 2 is 1.94 bits per heavy atom. The van der Waals surface area contributed by atoms with Gasteiger partial charge in [-0.05, 0) is 63.1 Å². The fourth-order valence-electron chi connectivity index (χ4n) is 3.27. The number of aryl methyl sites for hydroxylation is 1. The molecule has 98 valence electrons. The molecule has 0 unspecified atom stereocenters. The predicted octanol–water partition coefficient (Wildman–Crippen LogP) is 4.15. The highest BCUT2D eigenvalue weighted by molar-refractivity contribution is 5.48. The number of ether oxygens (including phenoxy) is 1. The van der Waals surface area contributed by atoms with E-state index in [4.69, 9.17) is 4.74 Å². The van der Waals surface area contributed by atoms with E-state index < -0.39 is 0 Å². The molecule has 1 aliphatic heterocycles. The molecule has 1 N–H and O–H groups in total. The largest absolute Gasteiger partial charge is 0.508 e. The first-order valence-corrected chi connectivity index (χ1v) is 7.10. The van der Waals surface area contributed by atoms with Crippen LogP contribution in [0.15, 0.2) is 12.1 Å². The average Bonchev–Trinajstić information content (AvgIpc) is 2.81. The fourth-order valence-corrected chi connectivity index (χ4v) is 3.27. The zero-order chi connectivity index (χ0) is 12.8.